The molecule has 0 saturated heterocycles. The van der Waals surface area contributed by atoms with Crippen LogP contribution in [0, 0.1) is 0 Å². The monoisotopic (exact) mass is 499 g/mol. The highest BCUT2D eigenvalue weighted by Crippen LogP contribution is 2.39. The number of anilines is 2. The second-order valence-electron chi connectivity index (χ2n) is 8.53. The van der Waals surface area contributed by atoms with Crippen LogP contribution in [-0.4, -0.2) is 33.0 Å². The topological polar surface area (TPSA) is 81.1 Å². The van der Waals surface area contributed by atoms with Crippen molar-refractivity contribution in [2.24, 2.45) is 0 Å². The fraction of sp³-hybridized carbons (Fsp3) is 0.250. The predicted molar refractivity (Wildman–Crippen MR) is 146 cm³/mol. The minimum atomic E-state index is -0.449. The molecule has 1 aliphatic rings. The van der Waals surface area contributed by atoms with Gasteiger partial charge in [0.05, 0.1) is 17.9 Å². The van der Waals surface area contributed by atoms with Crippen molar-refractivity contribution in [1.29, 1.82) is 0 Å². The lowest BCUT2D eigenvalue weighted by atomic mass is 9.91. The molecule has 0 aliphatic carbocycles. The van der Waals surface area contributed by atoms with Crippen molar-refractivity contribution < 1.29 is 9.53 Å². The largest absolute Gasteiger partial charge is 0.492 e. The molecule has 8 heteroatoms. The van der Waals surface area contributed by atoms with E-state index in [0.717, 1.165) is 34.2 Å². The van der Waals surface area contributed by atoms with Gasteiger partial charge in [-0.3, -0.25) is 4.79 Å². The van der Waals surface area contributed by atoms with Crippen LogP contribution in [0.5, 0.6) is 5.75 Å². The van der Waals surface area contributed by atoms with Gasteiger partial charge in [-0.2, -0.15) is 4.98 Å². The summed E-state index contributed by atoms with van der Waals surface area (Å²) in [5.41, 5.74) is 2.95. The highest BCUT2D eigenvalue weighted by molar-refractivity contribution is 7.99. The van der Waals surface area contributed by atoms with Gasteiger partial charge in [-0.05, 0) is 48.7 Å². The summed E-state index contributed by atoms with van der Waals surface area (Å²) in [6.45, 7) is 6.48. The van der Waals surface area contributed by atoms with Gasteiger partial charge in [-0.15, -0.1) is 5.10 Å². The number of aromatic nitrogens is 3. The summed E-state index contributed by atoms with van der Waals surface area (Å²) in [4.78, 5) is 18.6. The number of para-hydroxylation sites is 2. The standard InChI is InChI=1S/C28H29N5O2S/c1-4-17-36-28-31-27-29-18(3)24(26(34)30-22-15-8-9-16-23(22)35-5-2)25(33(27)32-28)21-14-10-12-19-11-6-7-13-20(19)21/h6-16,25H,4-5,17H2,1-3H3,(H,30,34)(H,29,31,32). The summed E-state index contributed by atoms with van der Waals surface area (Å²) in [7, 11) is 0. The zero-order valence-electron chi connectivity index (χ0n) is 20.6. The molecule has 1 amide bonds. The Balaban J connectivity index is 1.62. The van der Waals surface area contributed by atoms with Crippen LogP contribution >= 0.6 is 11.8 Å². The van der Waals surface area contributed by atoms with Gasteiger partial charge in [0, 0.05) is 11.4 Å². The molecule has 7 nitrogen and oxygen atoms in total. The average molecular weight is 500 g/mol. The lowest BCUT2D eigenvalue weighted by molar-refractivity contribution is -0.113. The number of thioether (sulfide) groups is 1. The first kappa shape index (κ1) is 23.9. The molecule has 1 unspecified atom stereocenters. The minimum Gasteiger partial charge on any atom is -0.492 e. The van der Waals surface area contributed by atoms with Crippen LogP contribution in [0.2, 0.25) is 0 Å². The van der Waals surface area contributed by atoms with E-state index in [1.54, 1.807) is 11.8 Å². The van der Waals surface area contributed by atoms with E-state index < -0.39 is 6.04 Å². The van der Waals surface area contributed by atoms with E-state index in [-0.39, 0.29) is 5.91 Å². The van der Waals surface area contributed by atoms with Crippen LogP contribution in [0.15, 0.2) is 83.2 Å². The number of benzene rings is 3. The summed E-state index contributed by atoms with van der Waals surface area (Å²) in [6, 6.07) is 21.4. The first-order chi connectivity index (χ1) is 17.6. The molecule has 3 aromatic carbocycles. The van der Waals surface area contributed by atoms with E-state index >= 15 is 0 Å². The van der Waals surface area contributed by atoms with Crippen molar-refractivity contribution in [2.75, 3.05) is 23.0 Å². The summed E-state index contributed by atoms with van der Waals surface area (Å²) in [5.74, 6) is 1.98. The Hall–Kier alpha value is -3.78. The number of fused-ring (bicyclic) bond motifs is 2. The van der Waals surface area contributed by atoms with Gasteiger partial charge in [0.1, 0.15) is 11.8 Å². The van der Waals surface area contributed by atoms with Crippen LogP contribution in [0.25, 0.3) is 10.8 Å². The molecule has 5 rings (SSSR count). The third-order valence-corrected chi connectivity index (χ3v) is 7.11. The SMILES string of the molecule is CCCSc1nc2n(n1)C(c1cccc3ccccc13)C(C(=O)Nc1ccccc1OCC)=C(C)N2. The van der Waals surface area contributed by atoms with Crippen LogP contribution in [-0.2, 0) is 4.79 Å². The van der Waals surface area contributed by atoms with Crippen LogP contribution in [0.4, 0.5) is 11.6 Å². The molecule has 4 aromatic rings. The number of carbonyl (C=O) groups excluding carboxylic acids is 1. The first-order valence-corrected chi connectivity index (χ1v) is 13.2. The lowest BCUT2D eigenvalue weighted by Gasteiger charge is -2.29. The molecule has 0 bridgehead atoms. The summed E-state index contributed by atoms with van der Waals surface area (Å²) in [6.07, 6.45) is 1.03. The van der Waals surface area contributed by atoms with E-state index in [0.29, 0.717) is 34.7 Å². The smallest absolute Gasteiger partial charge is 0.255 e. The zero-order chi connectivity index (χ0) is 25.1. The molecule has 0 radical (unpaired) electrons. The zero-order valence-corrected chi connectivity index (χ0v) is 21.4. The highest BCUT2D eigenvalue weighted by atomic mass is 32.2. The molecule has 0 fully saturated rings. The molecule has 36 heavy (non-hydrogen) atoms. The normalized spacial score (nSPS) is 14.9. The van der Waals surface area contributed by atoms with Crippen molar-refractivity contribution in [3.8, 4) is 5.75 Å². The Morgan fingerprint density at radius 1 is 1.08 bits per heavy atom. The quantitative estimate of drug-likeness (QED) is 0.279. The molecule has 0 spiro atoms. The van der Waals surface area contributed by atoms with Gasteiger partial charge in [0.25, 0.3) is 5.91 Å². The van der Waals surface area contributed by atoms with Gasteiger partial charge in [-0.25, -0.2) is 4.68 Å². The van der Waals surface area contributed by atoms with E-state index in [2.05, 4.69) is 41.8 Å². The maximum absolute atomic E-state index is 13.9. The number of allylic oxidation sites excluding steroid dienone is 1. The molecule has 1 aliphatic heterocycles. The molecule has 1 atom stereocenters. The van der Waals surface area contributed by atoms with Crippen molar-refractivity contribution in [3.05, 3.63) is 83.6 Å². The molecular weight excluding hydrogens is 470 g/mol. The van der Waals surface area contributed by atoms with E-state index in [4.69, 9.17) is 14.8 Å². The number of hydrogen-bond acceptors (Lipinski definition) is 6. The van der Waals surface area contributed by atoms with Crippen molar-refractivity contribution in [3.63, 3.8) is 0 Å². The third kappa shape index (κ3) is 4.56. The number of nitrogens with zero attached hydrogens (tertiary/aromatic N) is 3. The number of carbonyl (C=O) groups is 1. The van der Waals surface area contributed by atoms with Gasteiger partial charge in [0.2, 0.25) is 11.1 Å². The second kappa shape index (κ2) is 10.5. The maximum atomic E-state index is 13.9. The number of hydrogen-bond donors (Lipinski definition) is 2. The highest BCUT2D eigenvalue weighted by Gasteiger charge is 2.35. The maximum Gasteiger partial charge on any atom is 0.255 e. The summed E-state index contributed by atoms with van der Waals surface area (Å²) in [5, 5.41) is 14.1. The van der Waals surface area contributed by atoms with E-state index in [1.807, 2.05) is 61.0 Å². The van der Waals surface area contributed by atoms with Crippen molar-refractivity contribution in [1.82, 2.24) is 14.8 Å². The third-order valence-electron chi connectivity index (χ3n) is 6.07. The van der Waals surface area contributed by atoms with Gasteiger partial charge in [-0.1, -0.05) is 73.3 Å². The molecule has 184 valence electrons. The fourth-order valence-electron chi connectivity index (χ4n) is 4.50. The number of amides is 1. The van der Waals surface area contributed by atoms with Crippen molar-refractivity contribution in [2.45, 2.75) is 38.4 Å². The first-order valence-electron chi connectivity index (χ1n) is 12.2. The predicted octanol–water partition coefficient (Wildman–Crippen LogP) is 6.26. The summed E-state index contributed by atoms with van der Waals surface area (Å²) < 4.78 is 7.58. The number of nitrogens with one attached hydrogen (secondary N) is 2. The summed E-state index contributed by atoms with van der Waals surface area (Å²) >= 11 is 1.62. The average Bonchev–Trinajstić information content (AvgIpc) is 3.30. The Morgan fingerprint density at radius 2 is 1.86 bits per heavy atom. The molecule has 0 saturated carbocycles. The van der Waals surface area contributed by atoms with E-state index in [9.17, 15) is 4.79 Å². The van der Waals surface area contributed by atoms with Gasteiger partial charge >= 0.3 is 0 Å². The molecule has 2 heterocycles. The lowest BCUT2D eigenvalue weighted by Crippen LogP contribution is -2.31. The molecule has 2 N–H and O–H groups in total. The number of rotatable bonds is 8. The van der Waals surface area contributed by atoms with Crippen molar-refractivity contribution >= 4 is 40.1 Å². The van der Waals surface area contributed by atoms with Crippen LogP contribution < -0.4 is 15.4 Å². The molecule has 1 aromatic heterocycles. The van der Waals surface area contributed by atoms with Crippen LogP contribution in [0.3, 0.4) is 0 Å². The second-order valence-corrected chi connectivity index (χ2v) is 9.59. The Morgan fingerprint density at radius 3 is 2.69 bits per heavy atom. The van der Waals surface area contributed by atoms with Gasteiger partial charge < -0.3 is 15.4 Å². The Kier molecular flexibility index (Phi) is 6.95. The van der Waals surface area contributed by atoms with Gasteiger partial charge in [0.15, 0.2) is 0 Å². The number of ether oxygens (including phenoxy) is 1. The Labute approximate surface area is 215 Å². The molecular formula is C28H29N5O2S. The van der Waals surface area contributed by atoms with E-state index in [1.165, 1.54) is 0 Å². The Bertz CT molecular complexity index is 1440. The fourth-order valence-corrected chi connectivity index (χ4v) is 5.18. The minimum absolute atomic E-state index is 0.214. The van der Waals surface area contributed by atoms with Crippen LogP contribution in [0.1, 0.15) is 38.8 Å².